The molecule has 7 nitrogen and oxygen atoms in total. The lowest BCUT2D eigenvalue weighted by Gasteiger charge is -2.19. The number of nitrogens with zero attached hydrogens (tertiary/aromatic N) is 3. The van der Waals surface area contributed by atoms with Crippen LogP contribution in [0.3, 0.4) is 0 Å². The molecule has 1 aromatic carbocycles. The van der Waals surface area contributed by atoms with E-state index in [4.69, 9.17) is 14.5 Å². The molecule has 1 aromatic rings. The van der Waals surface area contributed by atoms with Crippen LogP contribution in [0.25, 0.3) is 0 Å². The van der Waals surface area contributed by atoms with Crippen molar-refractivity contribution < 1.29 is 9.47 Å². The fourth-order valence-electron chi connectivity index (χ4n) is 3.40. The highest BCUT2D eigenvalue weighted by Crippen LogP contribution is 2.24. The lowest BCUT2D eigenvalue weighted by molar-refractivity contribution is 0.321. The average molecular weight is 392 g/mol. The molecule has 1 saturated heterocycles. The maximum absolute atomic E-state index is 5.39. The zero-order valence-electron chi connectivity index (χ0n) is 18.1. The molecule has 0 aromatic heterocycles. The zero-order valence-corrected chi connectivity index (χ0v) is 18.1. The van der Waals surface area contributed by atoms with Crippen LogP contribution in [0.5, 0.6) is 11.5 Å². The van der Waals surface area contributed by atoms with Crippen LogP contribution in [0.15, 0.2) is 23.2 Å². The number of benzene rings is 1. The number of guanidine groups is 1. The summed E-state index contributed by atoms with van der Waals surface area (Å²) in [5.41, 5.74) is 1.21. The first-order chi connectivity index (χ1) is 13.5. The summed E-state index contributed by atoms with van der Waals surface area (Å²) in [6, 6.07) is 6.49. The Morgan fingerprint density at radius 2 is 1.93 bits per heavy atom. The summed E-state index contributed by atoms with van der Waals surface area (Å²) >= 11 is 0. The van der Waals surface area contributed by atoms with Gasteiger partial charge in [0.1, 0.15) is 11.5 Å². The minimum Gasteiger partial charge on any atom is -0.497 e. The molecule has 1 atom stereocenters. The van der Waals surface area contributed by atoms with Gasteiger partial charge in [-0.05, 0) is 58.1 Å². The van der Waals surface area contributed by atoms with Crippen molar-refractivity contribution >= 4 is 5.96 Å². The number of aliphatic imine (C=N–C) groups is 1. The van der Waals surface area contributed by atoms with E-state index in [1.54, 1.807) is 14.2 Å². The molecule has 0 amide bonds. The predicted molar refractivity (Wildman–Crippen MR) is 116 cm³/mol. The summed E-state index contributed by atoms with van der Waals surface area (Å²) in [6.07, 6.45) is 2.18. The Labute approximate surface area is 170 Å². The first-order valence-electron chi connectivity index (χ1n) is 10.2. The molecule has 0 saturated carbocycles. The highest BCUT2D eigenvalue weighted by atomic mass is 16.5. The van der Waals surface area contributed by atoms with E-state index in [0.29, 0.717) is 6.04 Å². The second kappa shape index (κ2) is 11.8. The molecule has 1 fully saturated rings. The van der Waals surface area contributed by atoms with Gasteiger partial charge in [-0.2, -0.15) is 0 Å². The van der Waals surface area contributed by atoms with Crippen molar-refractivity contribution in [3.8, 4) is 11.5 Å². The Balaban J connectivity index is 1.87. The van der Waals surface area contributed by atoms with Gasteiger partial charge in [0.25, 0.3) is 0 Å². The summed E-state index contributed by atoms with van der Waals surface area (Å²) in [5, 5.41) is 6.97. The molecular formula is C21H37N5O2. The first-order valence-corrected chi connectivity index (χ1v) is 10.2. The number of methoxy groups -OCH3 is 2. The molecule has 1 unspecified atom stereocenters. The lowest BCUT2D eigenvalue weighted by atomic mass is 10.2. The topological polar surface area (TPSA) is 61.4 Å². The maximum atomic E-state index is 5.39. The van der Waals surface area contributed by atoms with Gasteiger partial charge in [0.2, 0.25) is 0 Å². The van der Waals surface area contributed by atoms with Crippen LogP contribution in [0.1, 0.15) is 25.3 Å². The van der Waals surface area contributed by atoms with Crippen LogP contribution in [0.4, 0.5) is 0 Å². The van der Waals surface area contributed by atoms with E-state index in [-0.39, 0.29) is 0 Å². The van der Waals surface area contributed by atoms with Gasteiger partial charge in [-0.15, -0.1) is 0 Å². The van der Waals surface area contributed by atoms with Crippen LogP contribution in [0.2, 0.25) is 0 Å². The number of nitrogens with one attached hydrogen (secondary N) is 2. The fraction of sp³-hybridized carbons (Fsp3) is 0.667. The monoisotopic (exact) mass is 391 g/mol. The minimum absolute atomic E-state index is 0.416. The van der Waals surface area contributed by atoms with Crippen molar-refractivity contribution in [2.45, 2.75) is 32.4 Å². The lowest BCUT2D eigenvalue weighted by Crippen LogP contribution is -2.44. The van der Waals surface area contributed by atoms with Crippen molar-refractivity contribution in [3.63, 3.8) is 0 Å². The molecule has 1 aliphatic heterocycles. The Morgan fingerprint density at radius 1 is 1.21 bits per heavy atom. The van der Waals surface area contributed by atoms with E-state index in [9.17, 15) is 0 Å². The van der Waals surface area contributed by atoms with Gasteiger partial charge in [-0.25, -0.2) is 0 Å². The Morgan fingerprint density at radius 3 is 2.54 bits per heavy atom. The third-order valence-electron chi connectivity index (χ3n) is 4.81. The third kappa shape index (κ3) is 7.56. The summed E-state index contributed by atoms with van der Waals surface area (Å²) < 4.78 is 10.8. The van der Waals surface area contributed by atoms with E-state index < -0.39 is 0 Å². The van der Waals surface area contributed by atoms with Gasteiger partial charge in [-0.3, -0.25) is 9.89 Å². The van der Waals surface area contributed by atoms with Crippen LogP contribution in [-0.4, -0.2) is 82.8 Å². The molecule has 2 rings (SSSR count). The highest BCUT2D eigenvalue weighted by molar-refractivity contribution is 5.80. The van der Waals surface area contributed by atoms with Crippen molar-refractivity contribution in [1.29, 1.82) is 0 Å². The van der Waals surface area contributed by atoms with Gasteiger partial charge in [0.05, 0.1) is 14.2 Å². The van der Waals surface area contributed by atoms with Crippen LogP contribution >= 0.6 is 0 Å². The molecular weight excluding hydrogens is 354 g/mol. The maximum Gasteiger partial charge on any atom is 0.191 e. The average Bonchev–Trinajstić information content (AvgIpc) is 3.11. The van der Waals surface area contributed by atoms with Crippen molar-refractivity contribution in [2.75, 3.05) is 61.0 Å². The second-order valence-electron chi connectivity index (χ2n) is 7.50. The SMILES string of the molecule is CCNC(=NCCCN(C)C)NC1CCN(Cc2cc(OC)cc(OC)c2)C1. The van der Waals surface area contributed by atoms with Crippen molar-refractivity contribution in [1.82, 2.24) is 20.4 Å². The molecule has 0 spiro atoms. The Kier molecular flexibility index (Phi) is 9.37. The van der Waals surface area contributed by atoms with Crippen LogP contribution < -0.4 is 20.1 Å². The van der Waals surface area contributed by atoms with Gasteiger partial charge in [-0.1, -0.05) is 0 Å². The molecule has 1 aliphatic rings. The van der Waals surface area contributed by atoms with E-state index in [1.807, 2.05) is 6.07 Å². The number of ether oxygens (including phenoxy) is 2. The van der Waals surface area contributed by atoms with Crippen LogP contribution in [-0.2, 0) is 6.54 Å². The number of hydrogen-bond acceptors (Lipinski definition) is 5. The summed E-state index contributed by atoms with van der Waals surface area (Å²) in [4.78, 5) is 9.37. The molecule has 0 radical (unpaired) electrons. The summed E-state index contributed by atoms with van der Waals surface area (Å²) in [6.45, 7) is 7.84. The van der Waals surface area contributed by atoms with Gasteiger partial charge in [0.15, 0.2) is 5.96 Å². The normalized spacial score (nSPS) is 17.8. The first kappa shape index (κ1) is 22.3. The molecule has 0 aliphatic carbocycles. The zero-order chi connectivity index (χ0) is 20.4. The van der Waals surface area contributed by atoms with Gasteiger partial charge >= 0.3 is 0 Å². The highest BCUT2D eigenvalue weighted by Gasteiger charge is 2.23. The molecule has 2 N–H and O–H groups in total. The van der Waals surface area contributed by atoms with Crippen LogP contribution in [0, 0.1) is 0 Å². The van der Waals surface area contributed by atoms with E-state index in [0.717, 1.165) is 69.6 Å². The van der Waals surface area contributed by atoms with E-state index in [2.05, 4.69) is 53.6 Å². The second-order valence-corrected chi connectivity index (χ2v) is 7.50. The molecule has 0 bridgehead atoms. The smallest absolute Gasteiger partial charge is 0.191 e. The standard InChI is InChI=1S/C21H37N5O2/c1-6-22-21(23-9-7-10-25(2)3)24-18-8-11-26(16-18)15-17-12-19(27-4)14-20(13-17)28-5/h12-14,18H,6-11,15-16H2,1-5H3,(H2,22,23,24). The molecule has 1 heterocycles. The van der Waals surface area contributed by atoms with E-state index in [1.165, 1.54) is 5.56 Å². The minimum atomic E-state index is 0.416. The largest absolute Gasteiger partial charge is 0.497 e. The Bertz CT molecular complexity index is 599. The van der Waals surface area contributed by atoms with Gasteiger partial charge in [0, 0.05) is 44.8 Å². The molecule has 158 valence electrons. The third-order valence-corrected chi connectivity index (χ3v) is 4.81. The quantitative estimate of drug-likeness (QED) is 0.360. The Hall–Kier alpha value is -1.99. The molecule has 7 heteroatoms. The summed E-state index contributed by atoms with van der Waals surface area (Å²) in [7, 11) is 7.57. The molecule has 28 heavy (non-hydrogen) atoms. The number of rotatable bonds is 10. The fourth-order valence-corrected chi connectivity index (χ4v) is 3.40. The number of likely N-dealkylation sites (tertiary alicyclic amines) is 1. The van der Waals surface area contributed by atoms with Gasteiger partial charge < -0.3 is 25.0 Å². The summed E-state index contributed by atoms with van der Waals surface area (Å²) in [5.74, 6) is 2.60. The van der Waals surface area contributed by atoms with Crippen molar-refractivity contribution in [3.05, 3.63) is 23.8 Å². The van der Waals surface area contributed by atoms with Crippen molar-refractivity contribution in [2.24, 2.45) is 4.99 Å². The number of hydrogen-bond donors (Lipinski definition) is 2. The predicted octanol–water partition coefficient (Wildman–Crippen LogP) is 1.78. The van der Waals surface area contributed by atoms with E-state index >= 15 is 0 Å².